The summed E-state index contributed by atoms with van der Waals surface area (Å²) in [6, 6.07) is 0. The van der Waals surface area contributed by atoms with Crippen LogP contribution in [0.3, 0.4) is 0 Å². The second-order valence-corrected chi connectivity index (χ2v) is 36.9. The normalized spacial score (nSPS) is 14.3. The van der Waals surface area contributed by atoms with E-state index in [2.05, 4.69) is 48.5 Å². The molecule has 7 atom stereocenters. The fraction of sp³-hybridized carbons (Fsp3) is 0.957. The fourth-order valence-electron chi connectivity index (χ4n) is 14.4. The van der Waals surface area contributed by atoms with E-state index < -0.39 is 97.5 Å². The van der Waals surface area contributed by atoms with Crippen LogP contribution in [-0.4, -0.2) is 96.7 Å². The lowest BCUT2D eigenvalue weighted by atomic mass is 9.99. The van der Waals surface area contributed by atoms with Gasteiger partial charge in [0.1, 0.15) is 19.3 Å². The summed E-state index contributed by atoms with van der Waals surface area (Å²) in [5, 5.41) is 10.7. The van der Waals surface area contributed by atoms with E-state index >= 15 is 0 Å². The maximum atomic E-state index is 13.2. The number of carbonyl (C=O) groups excluding carboxylic acids is 4. The summed E-state index contributed by atoms with van der Waals surface area (Å²) in [7, 11) is -9.94. The minimum Gasteiger partial charge on any atom is -0.462 e. The van der Waals surface area contributed by atoms with Crippen molar-refractivity contribution in [1.82, 2.24) is 0 Å². The van der Waals surface area contributed by atoms with Gasteiger partial charge in [0, 0.05) is 25.7 Å². The molecular formula is C92H180O17P2. The summed E-state index contributed by atoms with van der Waals surface area (Å²) in [4.78, 5) is 73.4. The molecule has 4 unspecified atom stereocenters. The SMILES string of the molecule is CCCCCCCCCCCCCCCCCCCCCCCCC(=O)OC[C@H](COP(=O)(O)OC[C@@H](O)COP(=O)(O)OC[C@@H](COC(=O)CCCCCCCCCCCCC(C)C)OC(=O)CCCCCCCCCCCCC(C)CC)OC(=O)CCCCCCCCCCCCCCCCCCCCC(C)CC. The summed E-state index contributed by atoms with van der Waals surface area (Å²) in [5.74, 6) is 0.333. The predicted molar refractivity (Wildman–Crippen MR) is 460 cm³/mol. The number of phosphoric acid groups is 2. The fourth-order valence-corrected chi connectivity index (χ4v) is 15.9. The Kier molecular flexibility index (Phi) is 80.4. The average Bonchev–Trinajstić information content (AvgIpc) is 0.897. The largest absolute Gasteiger partial charge is 0.472 e. The molecule has 17 nitrogen and oxygen atoms in total. The zero-order valence-corrected chi connectivity index (χ0v) is 75.2. The number of rotatable bonds is 90. The van der Waals surface area contributed by atoms with Gasteiger partial charge >= 0.3 is 39.5 Å². The number of unbranched alkanes of at least 4 members (excludes halogenated alkanes) is 56. The van der Waals surface area contributed by atoms with Gasteiger partial charge in [0.2, 0.25) is 0 Å². The van der Waals surface area contributed by atoms with Crippen molar-refractivity contribution < 1.29 is 80.2 Å². The first-order chi connectivity index (χ1) is 53.8. The Labute approximate surface area is 683 Å². The number of esters is 4. The summed E-state index contributed by atoms with van der Waals surface area (Å²) in [5.41, 5.74) is 0. The van der Waals surface area contributed by atoms with Crippen molar-refractivity contribution in [3.05, 3.63) is 0 Å². The van der Waals surface area contributed by atoms with E-state index in [1.54, 1.807) is 0 Å². The Balaban J connectivity index is 5.24. The molecule has 0 bridgehead atoms. The van der Waals surface area contributed by atoms with Crippen molar-refractivity contribution in [2.24, 2.45) is 17.8 Å². The van der Waals surface area contributed by atoms with E-state index in [0.29, 0.717) is 25.7 Å². The van der Waals surface area contributed by atoms with Gasteiger partial charge in [-0.05, 0) is 43.4 Å². The first-order valence-electron chi connectivity index (χ1n) is 47.4. The third kappa shape index (κ3) is 82.9. The molecule has 111 heavy (non-hydrogen) atoms. The summed E-state index contributed by atoms with van der Waals surface area (Å²) in [6.45, 7) is 12.1. The van der Waals surface area contributed by atoms with E-state index in [1.807, 2.05) is 0 Å². The quantitative estimate of drug-likeness (QED) is 0.0222. The Morgan fingerprint density at radius 1 is 0.261 bits per heavy atom. The van der Waals surface area contributed by atoms with Crippen LogP contribution in [-0.2, 0) is 65.4 Å². The van der Waals surface area contributed by atoms with Gasteiger partial charge in [0.15, 0.2) is 12.2 Å². The maximum absolute atomic E-state index is 13.2. The van der Waals surface area contributed by atoms with E-state index in [-0.39, 0.29) is 25.7 Å². The molecule has 19 heteroatoms. The zero-order valence-electron chi connectivity index (χ0n) is 73.4. The van der Waals surface area contributed by atoms with E-state index in [9.17, 15) is 43.2 Å². The second-order valence-electron chi connectivity index (χ2n) is 34.0. The zero-order chi connectivity index (χ0) is 81.5. The number of hydrogen-bond acceptors (Lipinski definition) is 15. The number of aliphatic hydroxyl groups excluding tert-OH is 1. The lowest BCUT2D eigenvalue weighted by Crippen LogP contribution is -2.30. The van der Waals surface area contributed by atoms with E-state index in [1.165, 1.54) is 302 Å². The van der Waals surface area contributed by atoms with Crippen LogP contribution in [0.15, 0.2) is 0 Å². The van der Waals surface area contributed by atoms with Crippen LogP contribution < -0.4 is 0 Å². The Hall–Kier alpha value is -1.94. The van der Waals surface area contributed by atoms with Crippen molar-refractivity contribution in [3.8, 4) is 0 Å². The molecule has 0 radical (unpaired) electrons. The Bertz CT molecular complexity index is 2130. The number of aliphatic hydroxyl groups is 1. The highest BCUT2D eigenvalue weighted by atomic mass is 31.2. The Morgan fingerprint density at radius 2 is 0.459 bits per heavy atom. The van der Waals surface area contributed by atoms with Crippen LogP contribution in [0.2, 0.25) is 0 Å². The van der Waals surface area contributed by atoms with Gasteiger partial charge in [0.25, 0.3) is 0 Å². The Morgan fingerprint density at radius 3 is 0.685 bits per heavy atom. The van der Waals surface area contributed by atoms with Gasteiger partial charge in [-0.15, -0.1) is 0 Å². The smallest absolute Gasteiger partial charge is 0.462 e. The minimum absolute atomic E-state index is 0.106. The molecule has 0 amide bonds. The number of ether oxygens (including phenoxy) is 4. The molecule has 0 aliphatic carbocycles. The average molecular weight is 1620 g/mol. The van der Waals surface area contributed by atoms with Crippen molar-refractivity contribution in [1.29, 1.82) is 0 Å². The molecule has 0 fully saturated rings. The van der Waals surface area contributed by atoms with Gasteiger partial charge in [-0.3, -0.25) is 37.3 Å². The molecule has 0 saturated heterocycles. The summed E-state index contributed by atoms with van der Waals surface area (Å²) < 4.78 is 69.1. The third-order valence-electron chi connectivity index (χ3n) is 22.4. The molecule has 3 N–H and O–H groups in total. The molecule has 0 rings (SSSR count). The van der Waals surface area contributed by atoms with Crippen LogP contribution in [0, 0.1) is 17.8 Å². The number of carbonyl (C=O) groups is 4. The predicted octanol–water partition coefficient (Wildman–Crippen LogP) is 28.4. The van der Waals surface area contributed by atoms with E-state index in [0.717, 1.165) is 108 Å². The molecule has 0 aliphatic heterocycles. The molecule has 0 saturated carbocycles. The highest BCUT2D eigenvalue weighted by Gasteiger charge is 2.31. The maximum Gasteiger partial charge on any atom is 0.472 e. The monoisotopic (exact) mass is 1620 g/mol. The molecule has 0 aliphatic rings. The minimum atomic E-state index is -4.97. The summed E-state index contributed by atoms with van der Waals surface area (Å²) >= 11 is 0. The van der Waals surface area contributed by atoms with Crippen molar-refractivity contribution in [3.63, 3.8) is 0 Å². The molecule has 0 heterocycles. The third-order valence-corrected chi connectivity index (χ3v) is 24.3. The molecule has 0 aromatic carbocycles. The molecule has 0 spiro atoms. The highest BCUT2D eigenvalue weighted by Crippen LogP contribution is 2.45. The van der Waals surface area contributed by atoms with Gasteiger partial charge in [0.05, 0.1) is 26.4 Å². The first-order valence-corrected chi connectivity index (χ1v) is 50.4. The van der Waals surface area contributed by atoms with Gasteiger partial charge < -0.3 is 33.8 Å². The highest BCUT2D eigenvalue weighted by molar-refractivity contribution is 7.47. The van der Waals surface area contributed by atoms with Crippen LogP contribution in [0.4, 0.5) is 0 Å². The van der Waals surface area contributed by atoms with Crippen LogP contribution >= 0.6 is 15.6 Å². The van der Waals surface area contributed by atoms with Crippen molar-refractivity contribution in [2.45, 2.75) is 510 Å². The first kappa shape index (κ1) is 109. The molecule has 660 valence electrons. The lowest BCUT2D eigenvalue weighted by molar-refractivity contribution is -0.161. The number of hydrogen-bond donors (Lipinski definition) is 3. The van der Waals surface area contributed by atoms with Crippen molar-refractivity contribution >= 4 is 39.5 Å². The van der Waals surface area contributed by atoms with Gasteiger partial charge in [-0.2, -0.15) is 0 Å². The molecule has 0 aromatic heterocycles. The molecular weight excluding hydrogens is 1440 g/mol. The standard InChI is InChI=1S/C92H180O17P2/c1-8-11-12-13-14-15-16-17-18-19-20-21-22-23-27-30-33-36-45-52-59-66-73-89(94)102-79-87(108-91(96)75-68-61-54-47-37-34-31-28-25-24-26-29-32-35-43-50-57-64-71-84(6)9-2)81-106-110(98,99)104-77-86(93)78-105-111(100,101)107-82-88(80-103-90(95)74-67-60-53-46-40-38-42-49-56-63-70-83(4)5)109-92(97)76-69-62-55-48-41-39-44-51-58-65-72-85(7)10-3/h83-88,93H,8-82H2,1-7H3,(H,98,99)(H,100,101)/t84?,85?,86-,87-,88-/m1/s1. The van der Waals surface area contributed by atoms with E-state index in [4.69, 9.17) is 37.0 Å². The second kappa shape index (κ2) is 81.8. The lowest BCUT2D eigenvalue weighted by Gasteiger charge is -2.21. The van der Waals surface area contributed by atoms with Gasteiger partial charge in [-0.1, -0.05) is 440 Å². The summed E-state index contributed by atoms with van der Waals surface area (Å²) in [6.07, 6.45) is 75.1. The van der Waals surface area contributed by atoms with Crippen LogP contribution in [0.5, 0.6) is 0 Å². The van der Waals surface area contributed by atoms with Crippen LogP contribution in [0.25, 0.3) is 0 Å². The number of phosphoric ester groups is 2. The topological polar surface area (TPSA) is 237 Å². The van der Waals surface area contributed by atoms with Crippen molar-refractivity contribution in [2.75, 3.05) is 39.6 Å². The van der Waals surface area contributed by atoms with Gasteiger partial charge in [-0.25, -0.2) is 9.13 Å². The van der Waals surface area contributed by atoms with Crippen LogP contribution in [0.1, 0.15) is 492 Å². The molecule has 0 aromatic rings.